The summed E-state index contributed by atoms with van der Waals surface area (Å²) < 4.78 is 0. The van der Waals surface area contributed by atoms with Crippen LogP contribution in [-0.4, -0.2) is 10.9 Å². The molecule has 1 heterocycles. The first-order valence-corrected chi connectivity index (χ1v) is 6.52. The number of aromatic nitrogens is 1. The van der Waals surface area contributed by atoms with Gasteiger partial charge in [-0.3, -0.25) is 4.79 Å². The lowest BCUT2D eigenvalue weighted by molar-refractivity contribution is 0.0955. The van der Waals surface area contributed by atoms with Gasteiger partial charge in [-0.15, -0.1) is 11.3 Å². The minimum atomic E-state index is -0.134. The Morgan fingerprint density at radius 3 is 2.78 bits per heavy atom. The Hall–Kier alpha value is -1.72. The van der Waals surface area contributed by atoms with Crippen molar-refractivity contribution >= 4 is 17.2 Å². The number of nitrogens with zero attached hydrogens (tertiary/aromatic N) is 1. The molecule has 94 valence electrons. The van der Waals surface area contributed by atoms with Gasteiger partial charge >= 0.3 is 0 Å². The average Bonchev–Trinajstić information content (AvgIpc) is 2.87. The number of rotatable bonds is 4. The van der Waals surface area contributed by atoms with Gasteiger partial charge in [-0.05, 0) is 12.5 Å². The summed E-state index contributed by atoms with van der Waals surface area (Å²) in [6.07, 6.45) is 1.57. The number of thiazole rings is 1. The van der Waals surface area contributed by atoms with Crippen LogP contribution in [0.5, 0.6) is 0 Å². The van der Waals surface area contributed by atoms with Crippen LogP contribution in [0.15, 0.2) is 36.5 Å². The van der Waals surface area contributed by atoms with Crippen molar-refractivity contribution in [3.05, 3.63) is 52.0 Å². The van der Waals surface area contributed by atoms with E-state index in [0.717, 1.165) is 10.6 Å². The van der Waals surface area contributed by atoms with Crippen LogP contribution in [0.3, 0.4) is 0 Å². The number of amides is 1. The normalized spacial score (nSPS) is 12.1. The van der Waals surface area contributed by atoms with Gasteiger partial charge in [0, 0.05) is 6.54 Å². The third kappa shape index (κ3) is 3.15. The van der Waals surface area contributed by atoms with Crippen LogP contribution in [0.1, 0.15) is 33.2 Å². The fourth-order valence-corrected chi connectivity index (χ4v) is 2.26. The van der Waals surface area contributed by atoms with Gasteiger partial charge in [0.1, 0.15) is 9.88 Å². The molecule has 1 aromatic carbocycles. The topological polar surface area (TPSA) is 68.0 Å². The van der Waals surface area contributed by atoms with Crippen LogP contribution in [0.25, 0.3) is 0 Å². The molecule has 1 unspecified atom stereocenters. The summed E-state index contributed by atoms with van der Waals surface area (Å²) in [5, 5.41) is 3.64. The van der Waals surface area contributed by atoms with Gasteiger partial charge in [-0.25, -0.2) is 4.98 Å². The fourth-order valence-electron chi connectivity index (χ4n) is 1.47. The lowest BCUT2D eigenvalue weighted by Gasteiger charge is -2.03. The minimum absolute atomic E-state index is 0.108. The van der Waals surface area contributed by atoms with E-state index in [9.17, 15) is 4.79 Å². The third-order valence-corrected chi connectivity index (χ3v) is 3.63. The molecule has 0 fully saturated rings. The first-order chi connectivity index (χ1) is 8.66. The van der Waals surface area contributed by atoms with Crippen molar-refractivity contribution in [3.8, 4) is 0 Å². The first-order valence-electron chi connectivity index (χ1n) is 5.70. The van der Waals surface area contributed by atoms with E-state index in [2.05, 4.69) is 10.3 Å². The highest BCUT2D eigenvalue weighted by atomic mass is 32.1. The lowest BCUT2D eigenvalue weighted by Crippen LogP contribution is -2.21. The average molecular weight is 261 g/mol. The van der Waals surface area contributed by atoms with Gasteiger partial charge in [0.15, 0.2) is 0 Å². The number of carbonyl (C=O) groups excluding carboxylic acids is 1. The number of hydrogen-bond donors (Lipinski definition) is 2. The molecule has 0 aliphatic rings. The summed E-state index contributed by atoms with van der Waals surface area (Å²) in [4.78, 5) is 16.6. The minimum Gasteiger partial charge on any atom is -0.347 e. The van der Waals surface area contributed by atoms with Gasteiger partial charge in [-0.2, -0.15) is 0 Å². The molecule has 0 saturated heterocycles. The van der Waals surface area contributed by atoms with E-state index in [1.54, 1.807) is 6.20 Å². The first kappa shape index (κ1) is 12.7. The van der Waals surface area contributed by atoms with Crippen LogP contribution < -0.4 is 11.1 Å². The molecule has 1 aromatic heterocycles. The standard InChI is InChI=1S/C13H15N3OS/c1-9(14)13-16-8-11(18-13)12(17)15-7-10-5-3-2-4-6-10/h2-6,8-9H,7,14H2,1H3,(H,15,17). The second-order valence-electron chi connectivity index (χ2n) is 4.02. The van der Waals surface area contributed by atoms with Gasteiger partial charge in [0.2, 0.25) is 0 Å². The molecule has 4 nitrogen and oxygen atoms in total. The van der Waals surface area contributed by atoms with E-state index in [0.29, 0.717) is 11.4 Å². The van der Waals surface area contributed by atoms with E-state index in [1.165, 1.54) is 11.3 Å². The molecular weight excluding hydrogens is 246 g/mol. The zero-order chi connectivity index (χ0) is 13.0. The SMILES string of the molecule is CC(N)c1ncc(C(=O)NCc2ccccc2)s1. The van der Waals surface area contributed by atoms with E-state index in [4.69, 9.17) is 5.73 Å². The van der Waals surface area contributed by atoms with Gasteiger partial charge in [-0.1, -0.05) is 30.3 Å². The van der Waals surface area contributed by atoms with Gasteiger partial charge < -0.3 is 11.1 Å². The highest BCUT2D eigenvalue weighted by Gasteiger charge is 2.12. The van der Waals surface area contributed by atoms with Crippen molar-refractivity contribution < 1.29 is 4.79 Å². The van der Waals surface area contributed by atoms with Crippen LogP contribution in [0.4, 0.5) is 0 Å². The smallest absolute Gasteiger partial charge is 0.263 e. The van der Waals surface area contributed by atoms with Crippen molar-refractivity contribution in [2.75, 3.05) is 0 Å². The molecule has 0 saturated carbocycles. The highest BCUT2D eigenvalue weighted by molar-refractivity contribution is 7.13. The third-order valence-electron chi connectivity index (χ3n) is 2.43. The highest BCUT2D eigenvalue weighted by Crippen LogP contribution is 2.18. The number of benzene rings is 1. The van der Waals surface area contributed by atoms with Crippen molar-refractivity contribution in [3.63, 3.8) is 0 Å². The Labute approximate surface area is 110 Å². The zero-order valence-electron chi connectivity index (χ0n) is 10.1. The molecule has 0 radical (unpaired) electrons. The second-order valence-corrected chi connectivity index (χ2v) is 5.08. The van der Waals surface area contributed by atoms with Crippen molar-refractivity contribution in [2.24, 2.45) is 5.73 Å². The summed E-state index contributed by atoms with van der Waals surface area (Å²) in [7, 11) is 0. The molecule has 0 spiro atoms. The summed E-state index contributed by atoms with van der Waals surface area (Å²) in [6, 6.07) is 9.65. The van der Waals surface area contributed by atoms with Crippen molar-refractivity contribution in [1.82, 2.24) is 10.3 Å². The van der Waals surface area contributed by atoms with Crippen LogP contribution >= 0.6 is 11.3 Å². The number of carbonyl (C=O) groups is 1. The molecule has 3 N–H and O–H groups in total. The van der Waals surface area contributed by atoms with E-state index in [-0.39, 0.29) is 11.9 Å². The van der Waals surface area contributed by atoms with E-state index < -0.39 is 0 Å². The predicted octanol–water partition coefficient (Wildman–Crippen LogP) is 2.09. The Morgan fingerprint density at radius 2 is 2.17 bits per heavy atom. The Morgan fingerprint density at radius 1 is 1.44 bits per heavy atom. The molecule has 0 aliphatic carbocycles. The summed E-state index contributed by atoms with van der Waals surface area (Å²) in [5.74, 6) is -0.108. The van der Waals surface area contributed by atoms with E-state index >= 15 is 0 Å². The quantitative estimate of drug-likeness (QED) is 0.885. The Kier molecular flexibility index (Phi) is 4.07. The van der Waals surface area contributed by atoms with Crippen LogP contribution in [0.2, 0.25) is 0 Å². The van der Waals surface area contributed by atoms with Crippen LogP contribution in [-0.2, 0) is 6.54 Å². The maximum Gasteiger partial charge on any atom is 0.263 e. The Bertz CT molecular complexity index is 522. The predicted molar refractivity (Wildman–Crippen MR) is 72.3 cm³/mol. The molecule has 5 heteroatoms. The molecule has 2 rings (SSSR count). The molecular formula is C13H15N3OS. The summed E-state index contributed by atoms with van der Waals surface area (Å²) in [6.45, 7) is 2.37. The maximum atomic E-state index is 11.9. The summed E-state index contributed by atoms with van der Waals surface area (Å²) >= 11 is 1.34. The molecule has 18 heavy (non-hydrogen) atoms. The Balaban J connectivity index is 1.95. The largest absolute Gasteiger partial charge is 0.347 e. The maximum absolute atomic E-state index is 11.9. The van der Waals surface area contributed by atoms with E-state index in [1.807, 2.05) is 37.3 Å². The second kappa shape index (κ2) is 5.75. The molecule has 0 aliphatic heterocycles. The number of nitrogens with one attached hydrogen (secondary N) is 1. The van der Waals surface area contributed by atoms with Gasteiger partial charge in [0.25, 0.3) is 5.91 Å². The molecule has 1 atom stereocenters. The fraction of sp³-hybridized carbons (Fsp3) is 0.231. The summed E-state index contributed by atoms with van der Waals surface area (Å²) in [5.41, 5.74) is 6.78. The lowest BCUT2D eigenvalue weighted by atomic mass is 10.2. The van der Waals surface area contributed by atoms with Crippen LogP contribution in [0, 0.1) is 0 Å². The molecule has 0 bridgehead atoms. The number of hydrogen-bond acceptors (Lipinski definition) is 4. The molecule has 2 aromatic rings. The van der Waals surface area contributed by atoms with Crippen molar-refractivity contribution in [1.29, 1.82) is 0 Å². The van der Waals surface area contributed by atoms with Gasteiger partial charge in [0.05, 0.1) is 12.2 Å². The number of nitrogens with two attached hydrogens (primary N) is 1. The van der Waals surface area contributed by atoms with Crippen molar-refractivity contribution in [2.45, 2.75) is 19.5 Å². The zero-order valence-corrected chi connectivity index (χ0v) is 10.9. The molecule has 1 amide bonds. The monoisotopic (exact) mass is 261 g/mol.